The average Bonchev–Trinajstić information content (AvgIpc) is 2.87. The fourth-order valence-electron chi connectivity index (χ4n) is 2.81. The maximum atomic E-state index is 12.7. The minimum Gasteiger partial charge on any atom is -0.462 e. The molecule has 1 aromatic carbocycles. The van der Waals surface area contributed by atoms with Crippen molar-refractivity contribution in [3.8, 4) is 0 Å². The van der Waals surface area contributed by atoms with Crippen LogP contribution in [0.3, 0.4) is 0 Å². The lowest BCUT2D eigenvalue weighted by Gasteiger charge is -2.26. The van der Waals surface area contributed by atoms with Gasteiger partial charge in [-0.05, 0) is 31.4 Å². The van der Waals surface area contributed by atoms with Crippen LogP contribution in [0, 0.1) is 5.92 Å². The Morgan fingerprint density at radius 2 is 1.70 bits per heavy atom. The number of hydrogen-bond donors (Lipinski definition) is 1. The van der Waals surface area contributed by atoms with Crippen LogP contribution in [0.15, 0.2) is 36.4 Å². The van der Waals surface area contributed by atoms with Crippen molar-refractivity contribution in [3.63, 3.8) is 0 Å². The highest BCUT2D eigenvalue weighted by molar-refractivity contribution is 6.22. The number of amides is 3. The largest absolute Gasteiger partial charge is 0.462 e. The van der Waals surface area contributed by atoms with Gasteiger partial charge in [-0.1, -0.05) is 32.6 Å². The second kappa shape index (κ2) is 8.62. The molecule has 3 amide bonds. The standard InChI is InChI=1S/C20H24N2O5/c1-12(2)11-16(20(26)27-10-9-21-17(23)13(3)4)22-18(24)14-7-5-6-8-15(14)19(22)25/h5-8,12,16H,3,9-11H2,1-2,4H3,(H,21,23). The highest BCUT2D eigenvalue weighted by Gasteiger charge is 2.43. The Morgan fingerprint density at radius 1 is 1.15 bits per heavy atom. The predicted molar refractivity (Wildman–Crippen MR) is 99.0 cm³/mol. The number of hydrogen-bond acceptors (Lipinski definition) is 5. The molecule has 1 heterocycles. The molecular formula is C20H24N2O5. The van der Waals surface area contributed by atoms with Crippen molar-refractivity contribution in [1.82, 2.24) is 10.2 Å². The molecule has 144 valence electrons. The van der Waals surface area contributed by atoms with Gasteiger partial charge in [-0.15, -0.1) is 0 Å². The van der Waals surface area contributed by atoms with Crippen LogP contribution in [-0.4, -0.2) is 47.8 Å². The van der Waals surface area contributed by atoms with Gasteiger partial charge in [0.2, 0.25) is 5.91 Å². The number of esters is 1. The van der Waals surface area contributed by atoms with Gasteiger partial charge in [0, 0.05) is 5.57 Å². The van der Waals surface area contributed by atoms with Crippen LogP contribution in [0.1, 0.15) is 47.9 Å². The van der Waals surface area contributed by atoms with Crippen molar-refractivity contribution in [2.24, 2.45) is 5.92 Å². The minimum atomic E-state index is -1.01. The van der Waals surface area contributed by atoms with Gasteiger partial charge in [0.25, 0.3) is 11.8 Å². The normalized spacial score (nSPS) is 14.1. The Bertz CT molecular complexity index is 749. The highest BCUT2D eigenvalue weighted by Crippen LogP contribution is 2.27. The Balaban J connectivity index is 2.08. The molecule has 1 N–H and O–H groups in total. The molecule has 27 heavy (non-hydrogen) atoms. The molecule has 1 atom stereocenters. The third-order valence-corrected chi connectivity index (χ3v) is 4.12. The fraction of sp³-hybridized carbons (Fsp3) is 0.400. The van der Waals surface area contributed by atoms with Crippen molar-refractivity contribution in [3.05, 3.63) is 47.5 Å². The number of fused-ring (bicyclic) bond motifs is 1. The molecule has 0 aromatic heterocycles. The summed E-state index contributed by atoms with van der Waals surface area (Å²) in [6.07, 6.45) is 0.294. The van der Waals surface area contributed by atoms with Gasteiger partial charge in [0.1, 0.15) is 12.6 Å². The van der Waals surface area contributed by atoms with E-state index in [0.717, 1.165) is 4.90 Å². The molecular weight excluding hydrogens is 348 g/mol. The number of imide groups is 1. The molecule has 0 spiro atoms. The van der Waals surface area contributed by atoms with Crippen LogP contribution in [0.2, 0.25) is 0 Å². The van der Waals surface area contributed by atoms with Crippen molar-refractivity contribution in [2.45, 2.75) is 33.2 Å². The molecule has 0 bridgehead atoms. The Hall–Kier alpha value is -2.96. The number of ether oxygens (including phenoxy) is 1. The van der Waals surface area contributed by atoms with Crippen LogP contribution >= 0.6 is 0 Å². The van der Waals surface area contributed by atoms with E-state index in [4.69, 9.17) is 4.74 Å². The lowest BCUT2D eigenvalue weighted by atomic mass is 10.0. The summed E-state index contributed by atoms with van der Waals surface area (Å²) in [5.41, 5.74) is 0.931. The van der Waals surface area contributed by atoms with Gasteiger partial charge in [-0.25, -0.2) is 4.79 Å². The second-order valence-corrected chi connectivity index (χ2v) is 6.87. The fourth-order valence-corrected chi connectivity index (χ4v) is 2.81. The quantitative estimate of drug-likeness (QED) is 0.326. The summed E-state index contributed by atoms with van der Waals surface area (Å²) >= 11 is 0. The SMILES string of the molecule is C=C(C)C(=O)NCCOC(=O)C(CC(C)C)N1C(=O)c2ccccc2C1=O. The third-order valence-electron chi connectivity index (χ3n) is 4.12. The average molecular weight is 372 g/mol. The number of benzene rings is 1. The minimum absolute atomic E-state index is 0.0599. The zero-order chi connectivity index (χ0) is 20.1. The smallest absolute Gasteiger partial charge is 0.329 e. The predicted octanol–water partition coefficient (Wildman–Crippen LogP) is 1.93. The van der Waals surface area contributed by atoms with Gasteiger partial charge >= 0.3 is 5.97 Å². The van der Waals surface area contributed by atoms with E-state index in [0.29, 0.717) is 12.0 Å². The first-order valence-corrected chi connectivity index (χ1v) is 8.81. The summed E-state index contributed by atoms with van der Waals surface area (Å²) in [4.78, 5) is 50.3. The summed E-state index contributed by atoms with van der Waals surface area (Å²) in [6.45, 7) is 8.94. The van der Waals surface area contributed by atoms with Crippen LogP contribution in [0.25, 0.3) is 0 Å². The molecule has 1 unspecified atom stereocenters. The summed E-state index contributed by atoms with van der Waals surface area (Å²) in [6, 6.07) is 5.48. The van der Waals surface area contributed by atoms with Gasteiger partial charge < -0.3 is 10.1 Å². The van der Waals surface area contributed by atoms with E-state index in [1.165, 1.54) is 0 Å². The van der Waals surface area contributed by atoms with Crippen molar-refractivity contribution >= 4 is 23.7 Å². The van der Waals surface area contributed by atoms with E-state index in [-0.39, 0.29) is 36.1 Å². The Morgan fingerprint density at radius 3 is 2.19 bits per heavy atom. The van der Waals surface area contributed by atoms with E-state index in [1.807, 2.05) is 13.8 Å². The van der Waals surface area contributed by atoms with Crippen LogP contribution in [0.4, 0.5) is 0 Å². The molecule has 0 aliphatic carbocycles. The first-order valence-electron chi connectivity index (χ1n) is 8.81. The topological polar surface area (TPSA) is 92.8 Å². The molecule has 0 radical (unpaired) electrons. The Labute approximate surface area is 158 Å². The summed E-state index contributed by atoms with van der Waals surface area (Å²) < 4.78 is 5.21. The zero-order valence-electron chi connectivity index (χ0n) is 15.8. The van der Waals surface area contributed by atoms with Gasteiger partial charge in [0.05, 0.1) is 17.7 Å². The van der Waals surface area contributed by atoms with Crippen LogP contribution < -0.4 is 5.32 Å². The summed E-state index contributed by atoms with van der Waals surface area (Å²) in [5.74, 6) is -1.91. The third kappa shape index (κ3) is 4.61. The van der Waals surface area contributed by atoms with E-state index < -0.39 is 23.8 Å². The van der Waals surface area contributed by atoms with Gasteiger partial charge in [-0.3, -0.25) is 19.3 Å². The maximum Gasteiger partial charge on any atom is 0.329 e. The Kier molecular flexibility index (Phi) is 6.50. The zero-order valence-corrected chi connectivity index (χ0v) is 15.8. The van der Waals surface area contributed by atoms with Gasteiger partial charge in [0.15, 0.2) is 0 Å². The molecule has 1 aromatic rings. The second-order valence-electron chi connectivity index (χ2n) is 6.87. The molecule has 0 saturated heterocycles. The highest BCUT2D eigenvalue weighted by atomic mass is 16.5. The van der Waals surface area contributed by atoms with Crippen molar-refractivity contribution < 1.29 is 23.9 Å². The monoisotopic (exact) mass is 372 g/mol. The molecule has 7 nitrogen and oxygen atoms in total. The van der Waals surface area contributed by atoms with E-state index in [9.17, 15) is 19.2 Å². The first-order chi connectivity index (χ1) is 12.7. The number of carbonyl (C=O) groups excluding carboxylic acids is 4. The van der Waals surface area contributed by atoms with Crippen molar-refractivity contribution in [1.29, 1.82) is 0 Å². The first kappa shape index (κ1) is 20.4. The number of nitrogens with one attached hydrogen (secondary N) is 1. The number of nitrogens with zero attached hydrogens (tertiary/aromatic N) is 1. The molecule has 1 aliphatic rings. The van der Waals surface area contributed by atoms with Gasteiger partial charge in [-0.2, -0.15) is 0 Å². The van der Waals surface area contributed by atoms with Crippen LogP contribution in [-0.2, 0) is 14.3 Å². The maximum absolute atomic E-state index is 12.7. The molecule has 0 saturated carbocycles. The molecule has 7 heteroatoms. The summed E-state index contributed by atoms with van der Waals surface area (Å²) in [7, 11) is 0. The van der Waals surface area contributed by atoms with E-state index in [1.54, 1.807) is 31.2 Å². The summed E-state index contributed by atoms with van der Waals surface area (Å²) in [5, 5.41) is 2.56. The number of rotatable bonds is 8. The molecule has 1 aliphatic heterocycles. The molecule has 2 rings (SSSR count). The van der Waals surface area contributed by atoms with E-state index in [2.05, 4.69) is 11.9 Å². The van der Waals surface area contributed by atoms with E-state index >= 15 is 0 Å². The lowest BCUT2D eigenvalue weighted by molar-refractivity contribution is -0.149. The number of carbonyl (C=O) groups is 4. The van der Waals surface area contributed by atoms with Crippen LogP contribution in [0.5, 0.6) is 0 Å². The van der Waals surface area contributed by atoms with Crippen molar-refractivity contribution in [2.75, 3.05) is 13.2 Å². The molecule has 0 fully saturated rings. The lowest BCUT2D eigenvalue weighted by Crippen LogP contribution is -2.46.